The van der Waals surface area contributed by atoms with Gasteiger partial charge in [0, 0.05) is 23.6 Å². The first-order chi connectivity index (χ1) is 7.67. The van der Waals surface area contributed by atoms with E-state index in [1.54, 1.807) is 17.1 Å². The largest absolute Gasteiger partial charge is 0.347 e. The second kappa shape index (κ2) is 6.88. The lowest BCUT2D eigenvalue weighted by molar-refractivity contribution is 0.0939. The van der Waals surface area contributed by atoms with Crippen LogP contribution in [-0.2, 0) is 6.42 Å². The molecule has 0 aliphatic rings. The Morgan fingerprint density at radius 3 is 3.12 bits per heavy atom. The molecule has 3 N–H and O–H groups in total. The molecule has 0 spiro atoms. The van der Waals surface area contributed by atoms with Gasteiger partial charge in [0.25, 0.3) is 5.91 Å². The Morgan fingerprint density at radius 1 is 1.75 bits per heavy atom. The molecular weight excluding hydrogens is 242 g/mol. The Balaban J connectivity index is 2.52. The maximum atomic E-state index is 11.7. The molecule has 1 heterocycles. The number of carbonyl (C=O) groups excluding carboxylic acids is 1. The SMILES string of the molecule is CSCC(C)NC(=O)c1csc(CCN)n1. The van der Waals surface area contributed by atoms with E-state index in [2.05, 4.69) is 10.3 Å². The number of nitrogens with one attached hydrogen (secondary N) is 1. The van der Waals surface area contributed by atoms with Crippen LogP contribution in [-0.4, -0.2) is 35.5 Å². The van der Waals surface area contributed by atoms with E-state index in [1.165, 1.54) is 11.3 Å². The van der Waals surface area contributed by atoms with Gasteiger partial charge in [-0.05, 0) is 19.7 Å². The van der Waals surface area contributed by atoms with Crippen molar-refractivity contribution in [2.45, 2.75) is 19.4 Å². The van der Waals surface area contributed by atoms with E-state index >= 15 is 0 Å². The fourth-order valence-electron chi connectivity index (χ4n) is 1.24. The molecule has 0 bridgehead atoms. The van der Waals surface area contributed by atoms with Gasteiger partial charge < -0.3 is 11.1 Å². The van der Waals surface area contributed by atoms with Crippen molar-refractivity contribution in [3.8, 4) is 0 Å². The lowest BCUT2D eigenvalue weighted by Gasteiger charge is -2.10. The van der Waals surface area contributed by atoms with Crippen molar-refractivity contribution in [2.75, 3.05) is 18.6 Å². The van der Waals surface area contributed by atoms with E-state index in [9.17, 15) is 4.79 Å². The standard InChI is InChI=1S/C10H17N3OS2/c1-7(5-15-2)12-10(14)8-6-16-9(13-8)3-4-11/h6-7H,3-5,11H2,1-2H3,(H,12,14). The molecule has 16 heavy (non-hydrogen) atoms. The average Bonchev–Trinajstić information content (AvgIpc) is 2.67. The lowest BCUT2D eigenvalue weighted by atomic mass is 10.3. The van der Waals surface area contributed by atoms with Gasteiger partial charge in [-0.25, -0.2) is 4.98 Å². The molecule has 6 heteroatoms. The zero-order valence-electron chi connectivity index (χ0n) is 9.53. The normalized spacial score (nSPS) is 12.4. The summed E-state index contributed by atoms with van der Waals surface area (Å²) in [5.41, 5.74) is 5.93. The van der Waals surface area contributed by atoms with E-state index < -0.39 is 0 Å². The van der Waals surface area contributed by atoms with Crippen molar-refractivity contribution in [2.24, 2.45) is 5.73 Å². The van der Waals surface area contributed by atoms with Crippen molar-refractivity contribution in [3.63, 3.8) is 0 Å². The molecule has 90 valence electrons. The number of thioether (sulfide) groups is 1. The molecule has 0 radical (unpaired) electrons. The van der Waals surface area contributed by atoms with Crippen LogP contribution in [0.4, 0.5) is 0 Å². The summed E-state index contributed by atoms with van der Waals surface area (Å²) >= 11 is 3.20. The molecule has 1 unspecified atom stereocenters. The van der Waals surface area contributed by atoms with Crippen LogP contribution in [0.15, 0.2) is 5.38 Å². The van der Waals surface area contributed by atoms with Gasteiger partial charge >= 0.3 is 0 Å². The van der Waals surface area contributed by atoms with E-state index in [0.717, 1.165) is 17.2 Å². The quantitative estimate of drug-likeness (QED) is 0.803. The van der Waals surface area contributed by atoms with Crippen LogP contribution in [0.5, 0.6) is 0 Å². The summed E-state index contributed by atoms with van der Waals surface area (Å²) in [5.74, 6) is 0.812. The van der Waals surface area contributed by atoms with E-state index in [4.69, 9.17) is 5.73 Å². The third kappa shape index (κ3) is 4.11. The van der Waals surface area contributed by atoms with Crippen LogP contribution in [0.1, 0.15) is 22.4 Å². The summed E-state index contributed by atoms with van der Waals surface area (Å²) < 4.78 is 0. The van der Waals surface area contributed by atoms with Crippen molar-refractivity contribution in [3.05, 3.63) is 16.1 Å². The highest BCUT2D eigenvalue weighted by atomic mass is 32.2. The van der Waals surface area contributed by atoms with Gasteiger partial charge in [0.05, 0.1) is 5.01 Å². The highest BCUT2D eigenvalue weighted by Gasteiger charge is 2.12. The first-order valence-electron chi connectivity index (χ1n) is 5.11. The lowest BCUT2D eigenvalue weighted by Crippen LogP contribution is -2.34. The van der Waals surface area contributed by atoms with Gasteiger partial charge in [-0.15, -0.1) is 11.3 Å². The molecule has 1 aromatic rings. The van der Waals surface area contributed by atoms with Crippen LogP contribution < -0.4 is 11.1 Å². The van der Waals surface area contributed by atoms with Crippen LogP contribution >= 0.6 is 23.1 Å². The van der Waals surface area contributed by atoms with Crippen LogP contribution in [0.25, 0.3) is 0 Å². The molecule has 0 saturated heterocycles. The Morgan fingerprint density at radius 2 is 2.50 bits per heavy atom. The number of hydrogen-bond acceptors (Lipinski definition) is 5. The maximum absolute atomic E-state index is 11.7. The van der Waals surface area contributed by atoms with E-state index in [0.29, 0.717) is 12.2 Å². The number of carbonyl (C=O) groups is 1. The summed E-state index contributed by atoms with van der Waals surface area (Å²) in [6, 6.07) is 0.169. The number of rotatable bonds is 6. The summed E-state index contributed by atoms with van der Waals surface area (Å²) in [5, 5.41) is 5.61. The zero-order chi connectivity index (χ0) is 12.0. The van der Waals surface area contributed by atoms with Crippen molar-refractivity contribution in [1.29, 1.82) is 0 Å². The topological polar surface area (TPSA) is 68.0 Å². The molecule has 4 nitrogen and oxygen atoms in total. The van der Waals surface area contributed by atoms with Gasteiger partial charge in [-0.1, -0.05) is 0 Å². The second-order valence-electron chi connectivity index (χ2n) is 3.50. The number of thiazole rings is 1. The number of hydrogen-bond donors (Lipinski definition) is 2. The Hall–Kier alpha value is -0.590. The Labute approximate surface area is 104 Å². The zero-order valence-corrected chi connectivity index (χ0v) is 11.2. The number of nitrogens with two attached hydrogens (primary N) is 1. The molecule has 0 fully saturated rings. The van der Waals surface area contributed by atoms with Gasteiger partial charge in [0.2, 0.25) is 0 Å². The summed E-state index contributed by atoms with van der Waals surface area (Å²) in [6.45, 7) is 2.55. The minimum atomic E-state index is -0.0962. The van der Waals surface area contributed by atoms with E-state index in [-0.39, 0.29) is 11.9 Å². The van der Waals surface area contributed by atoms with Crippen LogP contribution in [0.3, 0.4) is 0 Å². The highest BCUT2D eigenvalue weighted by Crippen LogP contribution is 2.10. The van der Waals surface area contributed by atoms with Gasteiger partial charge in [-0.3, -0.25) is 4.79 Å². The molecule has 0 aliphatic carbocycles. The summed E-state index contributed by atoms with van der Waals surface area (Å²) in [4.78, 5) is 16.0. The summed E-state index contributed by atoms with van der Waals surface area (Å²) in [6.07, 6.45) is 2.75. The van der Waals surface area contributed by atoms with Crippen LogP contribution in [0.2, 0.25) is 0 Å². The number of nitrogens with zero attached hydrogens (tertiary/aromatic N) is 1. The Kier molecular flexibility index (Phi) is 5.79. The number of amides is 1. The molecular formula is C10H17N3OS2. The smallest absolute Gasteiger partial charge is 0.270 e. The molecule has 0 aromatic carbocycles. The van der Waals surface area contributed by atoms with Crippen molar-refractivity contribution in [1.82, 2.24) is 10.3 Å². The van der Waals surface area contributed by atoms with E-state index in [1.807, 2.05) is 13.2 Å². The Bertz CT molecular complexity index is 341. The van der Waals surface area contributed by atoms with Crippen molar-refractivity contribution < 1.29 is 4.79 Å². The molecule has 0 aliphatic heterocycles. The maximum Gasteiger partial charge on any atom is 0.270 e. The molecule has 1 rings (SSSR count). The predicted molar refractivity (Wildman–Crippen MR) is 70.2 cm³/mol. The first-order valence-corrected chi connectivity index (χ1v) is 7.39. The molecule has 0 saturated carbocycles. The third-order valence-electron chi connectivity index (χ3n) is 1.94. The fourth-order valence-corrected chi connectivity index (χ4v) is 2.62. The van der Waals surface area contributed by atoms with Gasteiger partial charge in [-0.2, -0.15) is 11.8 Å². The molecule has 1 atom stereocenters. The van der Waals surface area contributed by atoms with Crippen molar-refractivity contribution >= 4 is 29.0 Å². The minimum absolute atomic E-state index is 0.0962. The fraction of sp³-hybridized carbons (Fsp3) is 0.600. The summed E-state index contributed by atoms with van der Waals surface area (Å²) in [7, 11) is 0. The van der Waals surface area contributed by atoms with Crippen LogP contribution in [0, 0.1) is 0 Å². The first kappa shape index (κ1) is 13.5. The van der Waals surface area contributed by atoms with Gasteiger partial charge in [0.15, 0.2) is 0 Å². The van der Waals surface area contributed by atoms with Gasteiger partial charge in [0.1, 0.15) is 5.69 Å². The average molecular weight is 259 g/mol. The molecule has 1 aromatic heterocycles. The highest BCUT2D eigenvalue weighted by molar-refractivity contribution is 7.98. The monoisotopic (exact) mass is 259 g/mol. The second-order valence-corrected chi connectivity index (χ2v) is 5.35. The molecule has 1 amide bonds. The minimum Gasteiger partial charge on any atom is -0.347 e. The predicted octanol–water partition coefficient (Wildman–Crippen LogP) is 1.13. The number of aromatic nitrogens is 1. The third-order valence-corrected chi connectivity index (χ3v) is 3.68.